The van der Waals surface area contributed by atoms with E-state index in [4.69, 9.17) is 4.74 Å². The predicted octanol–water partition coefficient (Wildman–Crippen LogP) is 3.93. The first-order valence-electron chi connectivity index (χ1n) is 9.56. The van der Waals surface area contributed by atoms with Crippen molar-refractivity contribution < 1.29 is 9.53 Å². The molecule has 0 saturated heterocycles. The summed E-state index contributed by atoms with van der Waals surface area (Å²) in [5.74, 6) is 0.989. The van der Waals surface area contributed by atoms with Crippen LogP contribution in [0.3, 0.4) is 0 Å². The number of aromatic nitrogens is 1. The van der Waals surface area contributed by atoms with Crippen LogP contribution in [0.1, 0.15) is 33.6 Å². The van der Waals surface area contributed by atoms with Crippen molar-refractivity contribution in [1.29, 1.82) is 0 Å². The molecule has 4 heteroatoms. The number of carbonyl (C=O) groups is 1. The third-order valence-corrected chi connectivity index (χ3v) is 5.48. The van der Waals surface area contributed by atoms with Gasteiger partial charge in [-0.25, -0.2) is 0 Å². The minimum atomic E-state index is 0.151. The van der Waals surface area contributed by atoms with E-state index in [-0.39, 0.29) is 5.78 Å². The van der Waals surface area contributed by atoms with Crippen molar-refractivity contribution in [2.75, 3.05) is 27.7 Å². The zero-order chi connectivity index (χ0) is 19.0. The second kappa shape index (κ2) is 7.20. The van der Waals surface area contributed by atoms with Crippen LogP contribution in [0.25, 0.3) is 10.9 Å². The summed E-state index contributed by atoms with van der Waals surface area (Å²) in [5.41, 5.74) is 5.15. The Bertz CT molecular complexity index is 1000. The van der Waals surface area contributed by atoms with Gasteiger partial charge in [0.25, 0.3) is 0 Å². The van der Waals surface area contributed by atoms with Gasteiger partial charge < -0.3 is 14.2 Å². The van der Waals surface area contributed by atoms with E-state index in [1.54, 1.807) is 7.11 Å². The standard InChI is InChI=1S/C23H26N2O2/c1-24(2)13-6-14-25-21-12-10-17(27-3)15-20(21)19-11-9-16-7-4-5-8-18(16)23(26)22(19)25/h4-5,7-8,10,12,15H,6,9,11,13-14H2,1-3H3. The van der Waals surface area contributed by atoms with E-state index in [9.17, 15) is 4.79 Å². The van der Waals surface area contributed by atoms with E-state index < -0.39 is 0 Å². The highest BCUT2D eigenvalue weighted by Crippen LogP contribution is 2.35. The number of hydrogen-bond donors (Lipinski definition) is 0. The first-order chi connectivity index (χ1) is 13.1. The number of ether oxygens (including phenoxy) is 1. The van der Waals surface area contributed by atoms with Gasteiger partial charge in [0.05, 0.1) is 12.8 Å². The number of hydrogen-bond acceptors (Lipinski definition) is 3. The number of fused-ring (bicyclic) bond motifs is 4. The molecule has 0 bridgehead atoms. The number of aryl methyl sites for hydroxylation is 3. The third-order valence-electron chi connectivity index (χ3n) is 5.48. The summed E-state index contributed by atoms with van der Waals surface area (Å²) in [4.78, 5) is 15.7. The topological polar surface area (TPSA) is 34.5 Å². The third kappa shape index (κ3) is 3.15. The molecule has 0 radical (unpaired) electrons. The minimum absolute atomic E-state index is 0.151. The van der Waals surface area contributed by atoms with E-state index in [1.165, 1.54) is 0 Å². The summed E-state index contributed by atoms with van der Waals surface area (Å²) in [7, 11) is 5.86. The molecule has 1 aromatic heterocycles. The maximum atomic E-state index is 13.5. The molecule has 0 unspecified atom stereocenters. The highest BCUT2D eigenvalue weighted by atomic mass is 16.5. The number of methoxy groups -OCH3 is 1. The van der Waals surface area contributed by atoms with Crippen molar-refractivity contribution in [3.05, 3.63) is 64.8 Å². The largest absolute Gasteiger partial charge is 0.497 e. The number of rotatable bonds is 5. The van der Waals surface area contributed by atoms with Gasteiger partial charge in [0.1, 0.15) is 5.75 Å². The van der Waals surface area contributed by atoms with Crippen molar-refractivity contribution in [1.82, 2.24) is 9.47 Å². The number of ketones is 1. The van der Waals surface area contributed by atoms with Crippen LogP contribution in [0.4, 0.5) is 0 Å². The fourth-order valence-corrected chi connectivity index (χ4v) is 4.17. The summed E-state index contributed by atoms with van der Waals surface area (Å²) in [6, 6.07) is 14.2. The van der Waals surface area contributed by atoms with Crippen molar-refractivity contribution in [3.63, 3.8) is 0 Å². The van der Waals surface area contributed by atoms with Crippen LogP contribution >= 0.6 is 0 Å². The lowest BCUT2D eigenvalue weighted by Crippen LogP contribution is -2.17. The monoisotopic (exact) mass is 362 g/mol. The molecule has 140 valence electrons. The van der Waals surface area contributed by atoms with E-state index in [1.807, 2.05) is 24.3 Å². The molecule has 0 spiro atoms. The first kappa shape index (κ1) is 17.8. The van der Waals surface area contributed by atoms with Gasteiger partial charge in [-0.2, -0.15) is 0 Å². The van der Waals surface area contributed by atoms with Gasteiger partial charge in [0.2, 0.25) is 5.78 Å². The lowest BCUT2D eigenvalue weighted by atomic mass is 10.0. The maximum absolute atomic E-state index is 13.5. The Morgan fingerprint density at radius 3 is 2.70 bits per heavy atom. The molecule has 4 nitrogen and oxygen atoms in total. The quantitative estimate of drug-likeness (QED) is 0.690. The highest BCUT2D eigenvalue weighted by molar-refractivity contribution is 6.13. The average molecular weight is 362 g/mol. The molecule has 3 aromatic rings. The second-order valence-electron chi connectivity index (χ2n) is 7.50. The van der Waals surface area contributed by atoms with E-state index in [0.717, 1.165) is 71.4 Å². The average Bonchev–Trinajstić information content (AvgIpc) is 2.89. The molecule has 0 amide bonds. The molecule has 0 fully saturated rings. The van der Waals surface area contributed by atoms with Gasteiger partial charge in [-0.3, -0.25) is 4.79 Å². The van der Waals surface area contributed by atoms with Crippen LogP contribution in [0, 0.1) is 0 Å². The lowest BCUT2D eigenvalue weighted by molar-refractivity contribution is 0.103. The van der Waals surface area contributed by atoms with Crippen molar-refractivity contribution >= 4 is 16.7 Å². The van der Waals surface area contributed by atoms with Gasteiger partial charge in [-0.1, -0.05) is 24.3 Å². The van der Waals surface area contributed by atoms with Crippen LogP contribution in [-0.4, -0.2) is 43.0 Å². The zero-order valence-corrected chi connectivity index (χ0v) is 16.3. The Labute approximate surface area is 160 Å². The van der Waals surface area contributed by atoms with Gasteiger partial charge in [-0.15, -0.1) is 0 Å². The SMILES string of the molecule is COc1ccc2c(c1)c1c(n2CCCN(C)C)C(=O)c2ccccc2CC1. The Morgan fingerprint density at radius 2 is 1.93 bits per heavy atom. The summed E-state index contributed by atoms with van der Waals surface area (Å²) in [5, 5.41) is 1.15. The molecule has 0 aliphatic heterocycles. The van der Waals surface area contributed by atoms with Crippen molar-refractivity contribution in [3.8, 4) is 5.75 Å². The Balaban J connectivity index is 1.89. The molecule has 1 aliphatic carbocycles. The molecular weight excluding hydrogens is 336 g/mol. The van der Waals surface area contributed by atoms with Gasteiger partial charge in [0, 0.05) is 23.0 Å². The molecule has 27 heavy (non-hydrogen) atoms. The zero-order valence-electron chi connectivity index (χ0n) is 16.3. The molecule has 2 aromatic carbocycles. The fraction of sp³-hybridized carbons (Fsp3) is 0.348. The Hall–Kier alpha value is -2.59. The normalized spacial score (nSPS) is 13.6. The van der Waals surface area contributed by atoms with Gasteiger partial charge in [-0.05, 0) is 69.2 Å². The summed E-state index contributed by atoms with van der Waals surface area (Å²) >= 11 is 0. The number of nitrogens with zero attached hydrogens (tertiary/aromatic N) is 2. The van der Waals surface area contributed by atoms with Crippen LogP contribution in [0.5, 0.6) is 5.75 Å². The lowest BCUT2D eigenvalue weighted by Gasteiger charge is -2.14. The molecule has 0 N–H and O–H groups in total. The molecule has 1 aliphatic rings. The van der Waals surface area contributed by atoms with Gasteiger partial charge >= 0.3 is 0 Å². The number of carbonyl (C=O) groups excluding carboxylic acids is 1. The van der Waals surface area contributed by atoms with E-state index >= 15 is 0 Å². The van der Waals surface area contributed by atoms with Crippen LogP contribution in [0.2, 0.25) is 0 Å². The molecule has 4 rings (SSSR count). The summed E-state index contributed by atoms with van der Waals surface area (Å²) in [6.45, 7) is 1.83. The minimum Gasteiger partial charge on any atom is -0.497 e. The van der Waals surface area contributed by atoms with Gasteiger partial charge in [0.15, 0.2) is 0 Å². The smallest absolute Gasteiger partial charge is 0.209 e. The van der Waals surface area contributed by atoms with E-state index in [0.29, 0.717) is 0 Å². The van der Waals surface area contributed by atoms with Crippen LogP contribution < -0.4 is 4.74 Å². The highest BCUT2D eigenvalue weighted by Gasteiger charge is 2.27. The fourth-order valence-electron chi connectivity index (χ4n) is 4.17. The Morgan fingerprint density at radius 1 is 1.11 bits per heavy atom. The van der Waals surface area contributed by atoms with E-state index in [2.05, 4.69) is 41.8 Å². The number of benzene rings is 2. The molecule has 1 heterocycles. The summed E-state index contributed by atoms with van der Waals surface area (Å²) in [6.07, 6.45) is 2.77. The first-order valence-corrected chi connectivity index (χ1v) is 9.56. The van der Waals surface area contributed by atoms with Crippen LogP contribution in [-0.2, 0) is 19.4 Å². The maximum Gasteiger partial charge on any atom is 0.209 e. The van der Waals surface area contributed by atoms with Crippen molar-refractivity contribution in [2.45, 2.75) is 25.8 Å². The second-order valence-corrected chi connectivity index (χ2v) is 7.50. The Kier molecular flexibility index (Phi) is 4.75. The molecule has 0 atom stereocenters. The summed E-state index contributed by atoms with van der Waals surface area (Å²) < 4.78 is 7.69. The predicted molar refractivity (Wildman–Crippen MR) is 109 cm³/mol. The molecular formula is C23H26N2O2. The van der Waals surface area contributed by atoms with Crippen molar-refractivity contribution in [2.24, 2.45) is 0 Å². The van der Waals surface area contributed by atoms with Crippen LogP contribution in [0.15, 0.2) is 42.5 Å². The molecule has 0 saturated carbocycles.